The van der Waals surface area contributed by atoms with Gasteiger partial charge in [-0.05, 0) is 17.2 Å². The highest BCUT2D eigenvalue weighted by Gasteiger charge is 2.03. The lowest BCUT2D eigenvalue weighted by molar-refractivity contribution is 0.237. The summed E-state index contributed by atoms with van der Waals surface area (Å²) < 4.78 is 0. The Morgan fingerprint density at radius 3 is 2.31 bits per heavy atom. The zero-order valence-corrected chi connectivity index (χ0v) is 11.5. The van der Waals surface area contributed by atoms with Crippen LogP contribution < -0.4 is 0 Å². The van der Waals surface area contributed by atoms with Gasteiger partial charge in [-0.15, -0.1) is 0 Å². The van der Waals surface area contributed by atoms with Gasteiger partial charge in [-0.2, -0.15) is 11.8 Å². The second-order valence-electron chi connectivity index (χ2n) is 3.46. The van der Waals surface area contributed by atoms with Crippen molar-refractivity contribution in [1.29, 1.82) is 0 Å². The maximum absolute atomic E-state index is 9.01. The van der Waals surface area contributed by atoms with E-state index in [1.54, 1.807) is 0 Å². The number of aliphatic hydroxyl groups is 1. The number of aliphatic hydroxyl groups excluding tert-OH is 1. The molecule has 1 nitrogen and oxygen atoms in total. The van der Waals surface area contributed by atoms with Gasteiger partial charge in [-0.3, -0.25) is 0 Å². The van der Waals surface area contributed by atoms with Crippen LogP contribution in [0.5, 0.6) is 0 Å². The van der Waals surface area contributed by atoms with Crippen LogP contribution in [-0.4, -0.2) is 17.5 Å². The zero-order chi connectivity index (χ0) is 12.2. The van der Waals surface area contributed by atoms with E-state index in [0.717, 1.165) is 17.9 Å². The van der Waals surface area contributed by atoms with Crippen molar-refractivity contribution in [2.45, 2.75) is 32.9 Å². The van der Waals surface area contributed by atoms with E-state index in [1.165, 1.54) is 5.56 Å². The van der Waals surface area contributed by atoms with Crippen molar-refractivity contribution < 1.29 is 5.11 Å². The molecule has 0 aromatic heterocycles. The van der Waals surface area contributed by atoms with Gasteiger partial charge in [0.05, 0.1) is 0 Å². The Morgan fingerprint density at radius 2 is 1.81 bits per heavy atom. The van der Waals surface area contributed by atoms with E-state index in [0.29, 0.717) is 12.5 Å². The third kappa shape index (κ3) is 6.91. The van der Waals surface area contributed by atoms with Crippen molar-refractivity contribution in [1.82, 2.24) is 0 Å². The highest BCUT2D eigenvalue weighted by molar-refractivity contribution is 7.98. The Labute approximate surface area is 104 Å². The van der Waals surface area contributed by atoms with Gasteiger partial charge in [0.2, 0.25) is 0 Å². The summed E-state index contributed by atoms with van der Waals surface area (Å²) in [6, 6.07) is 10.5. The quantitative estimate of drug-likeness (QED) is 0.812. The molecule has 0 aliphatic carbocycles. The SMILES string of the molecule is CC.CCC(CO)CSCc1ccccc1. The molecule has 0 bridgehead atoms. The first-order chi connectivity index (χ1) is 7.86. The second-order valence-corrected chi connectivity index (χ2v) is 4.49. The molecule has 0 amide bonds. The summed E-state index contributed by atoms with van der Waals surface area (Å²) in [4.78, 5) is 0. The Balaban J connectivity index is 0.00000106. The Morgan fingerprint density at radius 1 is 1.19 bits per heavy atom. The van der Waals surface area contributed by atoms with Crippen molar-refractivity contribution in [3.8, 4) is 0 Å². The second kappa shape index (κ2) is 11.0. The van der Waals surface area contributed by atoms with Crippen LogP contribution in [0.1, 0.15) is 32.8 Å². The Hall–Kier alpha value is -0.470. The molecule has 0 spiro atoms. The summed E-state index contributed by atoms with van der Waals surface area (Å²) in [5.41, 5.74) is 1.37. The minimum atomic E-state index is 0.318. The number of rotatable bonds is 6. The van der Waals surface area contributed by atoms with E-state index in [2.05, 4.69) is 31.2 Å². The number of hydrogen-bond donors (Lipinski definition) is 1. The fourth-order valence-corrected chi connectivity index (χ4v) is 2.44. The first kappa shape index (κ1) is 15.5. The fraction of sp³-hybridized carbons (Fsp3) is 0.571. The van der Waals surface area contributed by atoms with Crippen molar-refractivity contribution in [2.75, 3.05) is 12.4 Å². The topological polar surface area (TPSA) is 20.2 Å². The average Bonchev–Trinajstić information content (AvgIpc) is 2.38. The van der Waals surface area contributed by atoms with E-state index in [1.807, 2.05) is 31.7 Å². The van der Waals surface area contributed by atoms with Crippen molar-refractivity contribution in [3.63, 3.8) is 0 Å². The lowest BCUT2D eigenvalue weighted by Gasteiger charge is -2.10. The standard InChI is InChI=1S/C12H18OS.C2H6/c1-2-11(8-13)9-14-10-12-6-4-3-5-7-12;1-2/h3-7,11,13H,2,8-10H2,1H3;1-2H3. The molecule has 1 atom stereocenters. The van der Waals surface area contributed by atoms with Gasteiger partial charge in [0.25, 0.3) is 0 Å². The van der Waals surface area contributed by atoms with Crippen LogP contribution in [0.15, 0.2) is 30.3 Å². The van der Waals surface area contributed by atoms with Crippen LogP contribution in [0.4, 0.5) is 0 Å². The van der Waals surface area contributed by atoms with E-state index in [-0.39, 0.29) is 0 Å². The van der Waals surface area contributed by atoms with Gasteiger partial charge >= 0.3 is 0 Å². The van der Waals surface area contributed by atoms with Gasteiger partial charge in [0, 0.05) is 12.4 Å². The monoisotopic (exact) mass is 240 g/mol. The summed E-state index contributed by atoms with van der Waals surface area (Å²) in [6.45, 7) is 6.45. The zero-order valence-electron chi connectivity index (χ0n) is 10.6. The van der Waals surface area contributed by atoms with Crippen LogP contribution >= 0.6 is 11.8 Å². The summed E-state index contributed by atoms with van der Waals surface area (Å²) in [5.74, 6) is 2.57. The van der Waals surface area contributed by atoms with Gasteiger partial charge in [-0.1, -0.05) is 57.5 Å². The van der Waals surface area contributed by atoms with Crippen molar-refractivity contribution in [3.05, 3.63) is 35.9 Å². The van der Waals surface area contributed by atoms with Crippen LogP contribution in [0.2, 0.25) is 0 Å². The predicted octanol–water partition coefficient (Wildman–Crippen LogP) is 3.96. The maximum atomic E-state index is 9.01. The minimum Gasteiger partial charge on any atom is -0.396 e. The molecule has 0 aliphatic rings. The van der Waals surface area contributed by atoms with Crippen LogP contribution in [0, 0.1) is 5.92 Å². The smallest absolute Gasteiger partial charge is 0.0467 e. The molecule has 16 heavy (non-hydrogen) atoms. The first-order valence-electron chi connectivity index (χ1n) is 6.09. The van der Waals surface area contributed by atoms with Crippen LogP contribution in [0.3, 0.4) is 0 Å². The largest absolute Gasteiger partial charge is 0.396 e. The summed E-state index contributed by atoms with van der Waals surface area (Å²) in [7, 11) is 0. The molecule has 0 radical (unpaired) electrons. The molecule has 0 aliphatic heterocycles. The summed E-state index contributed by atoms with van der Waals surface area (Å²) in [6.07, 6.45) is 1.07. The molecule has 0 fully saturated rings. The Bertz CT molecular complexity index is 232. The molecule has 2 heteroatoms. The van der Waals surface area contributed by atoms with E-state index >= 15 is 0 Å². The van der Waals surface area contributed by atoms with Gasteiger partial charge in [0.1, 0.15) is 0 Å². The molecular formula is C14H24OS. The van der Waals surface area contributed by atoms with Crippen LogP contribution in [-0.2, 0) is 5.75 Å². The molecule has 1 rings (SSSR count). The first-order valence-corrected chi connectivity index (χ1v) is 7.24. The predicted molar refractivity (Wildman–Crippen MR) is 74.8 cm³/mol. The van der Waals surface area contributed by atoms with Crippen LogP contribution in [0.25, 0.3) is 0 Å². The molecule has 0 saturated carbocycles. The Kier molecular flexibility index (Phi) is 10.7. The lowest BCUT2D eigenvalue weighted by atomic mass is 10.1. The highest BCUT2D eigenvalue weighted by Crippen LogP contribution is 2.16. The highest BCUT2D eigenvalue weighted by atomic mass is 32.2. The molecular weight excluding hydrogens is 216 g/mol. The molecule has 1 aromatic rings. The van der Waals surface area contributed by atoms with E-state index in [9.17, 15) is 0 Å². The molecule has 92 valence electrons. The maximum Gasteiger partial charge on any atom is 0.0467 e. The van der Waals surface area contributed by atoms with E-state index < -0.39 is 0 Å². The fourth-order valence-electron chi connectivity index (χ4n) is 1.22. The molecule has 0 heterocycles. The molecule has 0 saturated heterocycles. The van der Waals surface area contributed by atoms with Gasteiger partial charge in [-0.25, -0.2) is 0 Å². The van der Waals surface area contributed by atoms with E-state index in [4.69, 9.17) is 5.11 Å². The van der Waals surface area contributed by atoms with Crippen molar-refractivity contribution >= 4 is 11.8 Å². The third-order valence-corrected chi connectivity index (χ3v) is 3.55. The molecule has 1 aromatic carbocycles. The number of benzene rings is 1. The minimum absolute atomic E-state index is 0.318. The van der Waals surface area contributed by atoms with Gasteiger partial charge < -0.3 is 5.11 Å². The number of hydrogen-bond acceptors (Lipinski definition) is 2. The third-order valence-electron chi connectivity index (χ3n) is 2.30. The normalized spacial score (nSPS) is 11.5. The van der Waals surface area contributed by atoms with Gasteiger partial charge in [0.15, 0.2) is 0 Å². The number of thioether (sulfide) groups is 1. The molecule has 1 N–H and O–H groups in total. The molecule has 1 unspecified atom stereocenters. The summed E-state index contributed by atoms with van der Waals surface area (Å²) in [5, 5.41) is 9.01. The average molecular weight is 240 g/mol. The van der Waals surface area contributed by atoms with Crippen molar-refractivity contribution in [2.24, 2.45) is 5.92 Å². The summed E-state index contributed by atoms with van der Waals surface area (Å²) >= 11 is 1.90. The lowest BCUT2D eigenvalue weighted by Crippen LogP contribution is -2.07.